The third kappa shape index (κ3) is 4.35. The number of aromatic nitrogens is 2. The second kappa shape index (κ2) is 5.50. The zero-order valence-corrected chi connectivity index (χ0v) is 9.66. The van der Waals surface area contributed by atoms with Crippen molar-refractivity contribution >= 4 is 0 Å². The van der Waals surface area contributed by atoms with Gasteiger partial charge in [0.25, 0.3) is 0 Å². The number of hydrogen-bond acceptors (Lipinski definition) is 3. The minimum Gasteiger partial charge on any atom is -0.387 e. The second-order valence-corrected chi connectivity index (χ2v) is 3.81. The molecule has 7 heteroatoms. The molecule has 1 rings (SSSR count). The number of alkyl halides is 3. The predicted molar refractivity (Wildman–Crippen MR) is 54.4 cm³/mol. The van der Waals surface area contributed by atoms with Crippen molar-refractivity contribution in [2.45, 2.75) is 25.6 Å². The summed E-state index contributed by atoms with van der Waals surface area (Å²) in [7, 11) is 1.67. The van der Waals surface area contributed by atoms with Crippen LogP contribution in [0, 0.1) is 6.92 Å². The molecule has 1 unspecified atom stereocenters. The monoisotopic (exact) mass is 252 g/mol. The first-order valence-electron chi connectivity index (χ1n) is 5.12. The van der Waals surface area contributed by atoms with E-state index in [-0.39, 0.29) is 13.0 Å². The lowest BCUT2D eigenvalue weighted by molar-refractivity contribution is -0.175. The van der Waals surface area contributed by atoms with Crippen LogP contribution in [0.3, 0.4) is 0 Å². The number of aliphatic hydroxyl groups is 1. The molecule has 0 spiro atoms. The van der Waals surface area contributed by atoms with Gasteiger partial charge in [0.1, 0.15) is 6.61 Å². The average Bonchev–Trinajstić information content (AvgIpc) is 2.52. The third-order valence-electron chi connectivity index (χ3n) is 2.29. The van der Waals surface area contributed by atoms with E-state index in [4.69, 9.17) is 0 Å². The van der Waals surface area contributed by atoms with Crippen molar-refractivity contribution in [3.63, 3.8) is 0 Å². The summed E-state index contributed by atoms with van der Waals surface area (Å²) in [5, 5.41) is 13.7. The first-order valence-corrected chi connectivity index (χ1v) is 5.12. The van der Waals surface area contributed by atoms with E-state index in [1.54, 1.807) is 20.2 Å². The molecule has 0 fully saturated rings. The van der Waals surface area contributed by atoms with Gasteiger partial charge in [-0.3, -0.25) is 4.68 Å². The first-order chi connectivity index (χ1) is 7.81. The average molecular weight is 252 g/mol. The molecular weight excluding hydrogens is 237 g/mol. The first kappa shape index (κ1) is 14.0. The standard InChI is InChI=1S/C10H15F3N2O2/c1-7-5-14-15(2)9(7)8(16)3-4-17-6-10(11,12)13/h5,8,16H,3-4,6H2,1-2H3. The molecule has 4 nitrogen and oxygen atoms in total. The molecule has 0 saturated carbocycles. The number of aliphatic hydroxyl groups excluding tert-OH is 1. The summed E-state index contributed by atoms with van der Waals surface area (Å²) < 4.78 is 41.3. The Bertz CT molecular complexity index is 343. The summed E-state index contributed by atoms with van der Waals surface area (Å²) >= 11 is 0. The van der Waals surface area contributed by atoms with E-state index in [1.165, 1.54) is 4.68 Å². The van der Waals surface area contributed by atoms with Gasteiger partial charge in [-0.15, -0.1) is 0 Å². The lowest BCUT2D eigenvalue weighted by atomic mass is 10.1. The van der Waals surface area contributed by atoms with E-state index >= 15 is 0 Å². The lowest BCUT2D eigenvalue weighted by Gasteiger charge is -2.13. The summed E-state index contributed by atoms with van der Waals surface area (Å²) in [5.41, 5.74) is 1.40. The topological polar surface area (TPSA) is 47.3 Å². The Morgan fingerprint density at radius 1 is 1.53 bits per heavy atom. The Morgan fingerprint density at radius 3 is 2.65 bits per heavy atom. The number of halogens is 3. The molecule has 1 aromatic heterocycles. The summed E-state index contributed by atoms with van der Waals surface area (Å²) in [5.74, 6) is 0. The van der Waals surface area contributed by atoms with Crippen molar-refractivity contribution in [2.24, 2.45) is 7.05 Å². The molecule has 0 amide bonds. The van der Waals surface area contributed by atoms with Gasteiger partial charge in [0.2, 0.25) is 0 Å². The number of nitrogens with zero attached hydrogens (tertiary/aromatic N) is 2. The zero-order chi connectivity index (χ0) is 13.1. The molecule has 0 bridgehead atoms. The highest BCUT2D eigenvalue weighted by Crippen LogP contribution is 2.20. The minimum atomic E-state index is -4.33. The Kier molecular flexibility index (Phi) is 4.53. The molecule has 17 heavy (non-hydrogen) atoms. The second-order valence-electron chi connectivity index (χ2n) is 3.81. The van der Waals surface area contributed by atoms with Crippen LogP contribution in [0.2, 0.25) is 0 Å². The van der Waals surface area contributed by atoms with Gasteiger partial charge in [-0.1, -0.05) is 0 Å². The van der Waals surface area contributed by atoms with Crippen molar-refractivity contribution < 1.29 is 23.0 Å². The SMILES string of the molecule is Cc1cnn(C)c1C(O)CCOCC(F)(F)F. The van der Waals surface area contributed by atoms with E-state index < -0.39 is 18.9 Å². The van der Waals surface area contributed by atoms with Crippen LogP contribution in [-0.4, -0.2) is 34.3 Å². The highest BCUT2D eigenvalue weighted by atomic mass is 19.4. The fraction of sp³-hybridized carbons (Fsp3) is 0.700. The third-order valence-corrected chi connectivity index (χ3v) is 2.29. The normalized spacial score (nSPS) is 14.0. The van der Waals surface area contributed by atoms with Crippen LogP contribution in [0.5, 0.6) is 0 Å². The van der Waals surface area contributed by atoms with Crippen molar-refractivity contribution in [2.75, 3.05) is 13.2 Å². The molecule has 0 saturated heterocycles. The largest absolute Gasteiger partial charge is 0.411 e. The molecule has 0 aliphatic carbocycles. The molecule has 1 N–H and O–H groups in total. The van der Waals surface area contributed by atoms with Crippen LogP contribution < -0.4 is 0 Å². The summed E-state index contributed by atoms with van der Waals surface area (Å²) in [6, 6.07) is 0. The molecule has 0 aromatic carbocycles. The Hall–Kier alpha value is -1.08. The lowest BCUT2D eigenvalue weighted by Crippen LogP contribution is -2.18. The van der Waals surface area contributed by atoms with Gasteiger partial charge in [-0.25, -0.2) is 0 Å². The number of aryl methyl sites for hydroxylation is 2. The van der Waals surface area contributed by atoms with E-state index in [0.717, 1.165) is 5.56 Å². The van der Waals surface area contributed by atoms with E-state index in [9.17, 15) is 18.3 Å². The van der Waals surface area contributed by atoms with E-state index in [0.29, 0.717) is 5.69 Å². The van der Waals surface area contributed by atoms with Gasteiger partial charge in [-0.05, 0) is 12.5 Å². The minimum absolute atomic E-state index is 0.108. The molecule has 0 radical (unpaired) electrons. The van der Waals surface area contributed by atoms with Crippen LogP contribution in [-0.2, 0) is 11.8 Å². The maximum absolute atomic E-state index is 11.8. The summed E-state index contributed by atoms with van der Waals surface area (Å²) in [6.07, 6.45) is -3.49. The predicted octanol–water partition coefficient (Wildman–Crippen LogP) is 1.73. The van der Waals surface area contributed by atoms with Crippen LogP contribution in [0.1, 0.15) is 23.8 Å². The van der Waals surface area contributed by atoms with Gasteiger partial charge in [0.15, 0.2) is 0 Å². The van der Waals surface area contributed by atoms with Crippen molar-refractivity contribution in [3.8, 4) is 0 Å². The van der Waals surface area contributed by atoms with E-state index in [1.807, 2.05) is 0 Å². The number of rotatable bonds is 5. The molecule has 0 aliphatic heterocycles. The maximum atomic E-state index is 11.8. The van der Waals surface area contributed by atoms with Crippen molar-refractivity contribution in [1.29, 1.82) is 0 Å². The Morgan fingerprint density at radius 2 is 2.18 bits per heavy atom. The number of ether oxygens (including phenoxy) is 1. The van der Waals surface area contributed by atoms with Gasteiger partial charge in [0, 0.05) is 20.1 Å². The smallest absolute Gasteiger partial charge is 0.387 e. The zero-order valence-electron chi connectivity index (χ0n) is 9.66. The fourth-order valence-corrected chi connectivity index (χ4v) is 1.55. The van der Waals surface area contributed by atoms with Gasteiger partial charge in [-0.2, -0.15) is 18.3 Å². The van der Waals surface area contributed by atoms with Crippen molar-refractivity contribution in [3.05, 3.63) is 17.5 Å². The van der Waals surface area contributed by atoms with Crippen molar-refractivity contribution in [1.82, 2.24) is 9.78 Å². The van der Waals surface area contributed by atoms with Gasteiger partial charge in [0.05, 0.1) is 18.0 Å². The molecular formula is C10H15F3N2O2. The van der Waals surface area contributed by atoms with Crippen LogP contribution in [0.15, 0.2) is 6.20 Å². The Labute approximate surface area is 97.0 Å². The maximum Gasteiger partial charge on any atom is 0.411 e. The molecule has 1 atom stereocenters. The van der Waals surface area contributed by atoms with Gasteiger partial charge < -0.3 is 9.84 Å². The van der Waals surface area contributed by atoms with Crippen LogP contribution >= 0.6 is 0 Å². The summed E-state index contributed by atoms with van der Waals surface area (Å²) in [4.78, 5) is 0. The Balaban J connectivity index is 2.38. The van der Waals surface area contributed by atoms with Crippen LogP contribution in [0.4, 0.5) is 13.2 Å². The number of hydrogen-bond donors (Lipinski definition) is 1. The molecule has 0 aliphatic rings. The summed E-state index contributed by atoms with van der Waals surface area (Å²) in [6.45, 7) is 0.345. The molecule has 98 valence electrons. The quantitative estimate of drug-likeness (QED) is 0.812. The van der Waals surface area contributed by atoms with Gasteiger partial charge >= 0.3 is 6.18 Å². The highest BCUT2D eigenvalue weighted by molar-refractivity contribution is 5.17. The van der Waals surface area contributed by atoms with E-state index in [2.05, 4.69) is 9.84 Å². The fourth-order valence-electron chi connectivity index (χ4n) is 1.55. The molecule has 1 heterocycles. The van der Waals surface area contributed by atoms with Crippen LogP contribution in [0.25, 0.3) is 0 Å². The highest BCUT2D eigenvalue weighted by Gasteiger charge is 2.27. The molecule has 1 aromatic rings.